The topological polar surface area (TPSA) is 131 Å². The number of quaternary nitrogens is 1. The molecule has 0 aliphatic heterocycles. The summed E-state index contributed by atoms with van der Waals surface area (Å²) in [5, 5.41) is 8.79. The van der Waals surface area contributed by atoms with Crippen molar-refractivity contribution >= 4 is 19.8 Å². The van der Waals surface area contributed by atoms with E-state index >= 15 is 0 Å². The Morgan fingerprint density at radius 3 is 1.68 bits per heavy atom. The zero-order valence-electron chi connectivity index (χ0n) is 33.9. The number of esters is 2. The van der Waals surface area contributed by atoms with Crippen LogP contribution in [-0.2, 0) is 32.7 Å². The van der Waals surface area contributed by atoms with E-state index < -0.39 is 32.5 Å². The van der Waals surface area contributed by atoms with E-state index in [0.717, 1.165) is 64.2 Å². The first-order valence-corrected chi connectivity index (χ1v) is 21.9. The summed E-state index contributed by atoms with van der Waals surface area (Å²) in [7, 11) is 1.11. The Morgan fingerprint density at radius 2 is 1.13 bits per heavy atom. The number of allylic oxidation sites excluding steroid dienone is 8. The normalized spacial score (nSPS) is 14.2. The predicted molar refractivity (Wildman–Crippen MR) is 214 cm³/mol. The van der Waals surface area contributed by atoms with E-state index in [-0.39, 0.29) is 32.7 Å². The van der Waals surface area contributed by atoms with Gasteiger partial charge >= 0.3 is 11.9 Å². The standard InChI is InChI=1S/C42H76NO9P/c1-5-6-7-8-9-10-18-21-24-27-30-33-41(45)49-38-40(39-51-53(47,48)50-37-35-43(2,3)4)52-42(46)34-31-28-25-22-19-16-14-12-11-13-15-17-20-23-26-29-32-36-44/h11,13-14,16-17,20,22,25,40,44H,5-10,12,15,18-19,21,23-24,26-39H2,1-4H3/b13-11-,16-14-,20-17-,25-22-. The largest absolute Gasteiger partial charge is 0.756 e. The Balaban J connectivity index is 4.50. The molecule has 11 heteroatoms. The quantitative estimate of drug-likeness (QED) is 0.0216. The third-order valence-corrected chi connectivity index (χ3v) is 9.37. The van der Waals surface area contributed by atoms with E-state index in [9.17, 15) is 19.0 Å². The fraction of sp³-hybridized carbons (Fsp3) is 0.762. The minimum Gasteiger partial charge on any atom is -0.756 e. The predicted octanol–water partition coefficient (Wildman–Crippen LogP) is 9.47. The van der Waals surface area contributed by atoms with Crippen LogP contribution in [0.2, 0.25) is 0 Å². The maximum Gasteiger partial charge on any atom is 0.306 e. The van der Waals surface area contributed by atoms with Gasteiger partial charge in [-0.25, -0.2) is 0 Å². The van der Waals surface area contributed by atoms with Crippen LogP contribution in [0.15, 0.2) is 48.6 Å². The Bertz CT molecular complexity index is 1050. The molecule has 53 heavy (non-hydrogen) atoms. The van der Waals surface area contributed by atoms with Gasteiger partial charge in [0.25, 0.3) is 7.82 Å². The van der Waals surface area contributed by atoms with Crippen LogP contribution in [0.4, 0.5) is 0 Å². The number of ether oxygens (including phenoxy) is 2. The fourth-order valence-corrected chi connectivity index (χ4v) is 5.88. The maximum atomic E-state index is 12.6. The first kappa shape index (κ1) is 50.9. The van der Waals surface area contributed by atoms with Gasteiger partial charge in [-0.3, -0.25) is 14.2 Å². The van der Waals surface area contributed by atoms with Gasteiger partial charge in [-0.15, -0.1) is 0 Å². The summed E-state index contributed by atoms with van der Waals surface area (Å²) in [6.07, 6.45) is 37.3. The molecule has 0 aromatic rings. The van der Waals surface area contributed by atoms with Crippen LogP contribution in [0.1, 0.15) is 148 Å². The van der Waals surface area contributed by atoms with Crippen LogP contribution in [0, 0.1) is 0 Å². The first-order chi connectivity index (χ1) is 25.5. The summed E-state index contributed by atoms with van der Waals surface area (Å²) >= 11 is 0. The summed E-state index contributed by atoms with van der Waals surface area (Å²) in [4.78, 5) is 37.4. The average molecular weight is 770 g/mol. The van der Waals surface area contributed by atoms with E-state index in [2.05, 4.69) is 49.5 Å². The van der Waals surface area contributed by atoms with Gasteiger partial charge in [-0.05, 0) is 57.8 Å². The van der Waals surface area contributed by atoms with E-state index in [0.29, 0.717) is 23.9 Å². The molecule has 0 aromatic carbocycles. The van der Waals surface area contributed by atoms with E-state index in [1.165, 1.54) is 51.4 Å². The SMILES string of the molecule is CCCCCCCCCCCCCC(=O)OCC(COP(=O)([O-])OCC[N+](C)(C)C)OC(=O)CCC/C=C\C/C=C\C/C=C\C/C=C\CCCCCO. The highest BCUT2D eigenvalue weighted by atomic mass is 31.2. The van der Waals surface area contributed by atoms with Crippen molar-refractivity contribution in [2.75, 3.05) is 54.1 Å². The van der Waals surface area contributed by atoms with Gasteiger partial charge in [0.05, 0.1) is 27.7 Å². The number of hydrogen-bond acceptors (Lipinski definition) is 9. The Morgan fingerprint density at radius 1 is 0.642 bits per heavy atom. The molecule has 0 aliphatic carbocycles. The number of carbonyl (C=O) groups excluding carboxylic acids is 2. The monoisotopic (exact) mass is 770 g/mol. The van der Waals surface area contributed by atoms with Gasteiger partial charge in [0, 0.05) is 19.4 Å². The number of phosphoric ester groups is 1. The van der Waals surface area contributed by atoms with Gasteiger partial charge in [0.15, 0.2) is 6.10 Å². The molecular formula is C42H76NO9P. The van der Waals surface area contributed by atoms with Crippen molar-refractivity contribution in [3.05, 3.63) is 48.6 Å². The lowest BCUT2D eigenvalue weighted by Crippen LogP contribution is -2.37. The highest BCUT2D eigenvalue weighted by Crippen LogP contribution is 2.38. The molecule has 0 fully saturated rings. The van der Waals surface area contributed by atoms with Crippen molar-refractivity contribution in [1.29, 1.82) is 0 Å². The third-order valence-electron chi connectivity index (χ3n) is 8.41. The fourth-order valence-electron chi connectivity index (χ4n) is 5.15. The van der Waals surface area contributed by atoms with Gasteiger partial charge in [-0.1, -0.05) is 126 Å². The molecule has 0 heterocycles. The Kier molecular flexibility index (Phi) is 34.2. The highest BCUT2D eigenvalue weighted by Gasteiger charge is 2.21. The third kappa shape index (κ3) is 39.4. The Hall–Kier alpha value is -2.07. The number of likely N-dealkylation sites (N-methyl/N-ethyl adjacent to an activating group) is 1. The second kappa shape index (κ2) is 35.6. The minimum absolute atomic E-state index is 0.0466. The maximum absolute atomic E-state index is 12.6. The number of hydrogen-bond donors (Lipinski definition) is 1. The zero-order valence-corrected chi connectivity index (χ0v) is 34.8. The van der Waals surface area contributed by atoms with Crippen LogP contribution >= 0.6 is 7.82 Å². The minimum atomic E-state index is -4.64. The second-order valence-electron chi connectivity index (χ2n) is 14.7. The molecule has 0 aromatic heterocycles. The summed E-state index contributed by atoms with van der Waals surface area (Å²) in [5.41, 5.74) is 0. The molecule has 0 saturated heterocycles. The van der Waals surface area contributed by atoms with E-state index in [1.54, 1.807) is 0 Å². The summed E-state index contributed by atoms with van der Waals surface area (Å²) < 4.78 is 33.7. The van der Waals surface area contributed by atoms with Gasteiger partial charge < -0.3 is 33.0 Å². The van der Waals surface area contributed by atoms with Crippen LogP contribution in [0.25, 0.3) is 0 Å². The number of phosphoric acid groups is 1. The van der Waals surface area contributed by atoms with Crippen molar-refractivity contribution in [2.24, 2.45) is 0 Å². The lowest BCUT2D eigenvalue weighted by molar-refractivity contribution is -0.870. The number of unbranched alkanes of at least 4 members (excludes halogenated alkanes) is 14. The van der Waals surface area contributed by atoms with Gasteiger partial charge in [0.1, 0.15) is 19.8 Å². The highest BCUT2D eigenvalue weighted by molar-refractivity contribution is 7.45. The lowest BCUT2D eigenvalue weighted by Gasteiger charge is -2.28. The molecule has 2 unspecified atom stereocenters. The van der Waals surface area contributed by atoms with E-state index in [1.807, 2.05) is 27.2 Å². The zero-order chi connectivity index (χ0) is 39.3. The molecule has 0 bridgehead atoms. The van der Waals surface area contributed by atoms with Crippen molar-refractivity contribution < 1.29 is 47.2 Å². The van der Waals surface area contributed by atoms with Gasteiger partial charge in [-0.2, -0.15) is 0 Å². The van der Waals surface area contributed by atoms with Crippen LogP contribution in [-0.4, -0.2) is 81.7 Å². The molecule has 308 valence electrons. The van der Waals surface area contributed by atoms with Crippen molar-refractivity contribution in [1.82, 2.24) is 0 Å². The number of aliphatic hydroxyl groups excluding tert-OH is 1. The molecule has 2 atom stereocenters. The van der Waals surface area contributed by atoms with E-state index in [4.69, 9.17) is 23.6 Å². The summed E-state index contributed by atoms with van der Waals surface area (Å²) in [6.45, 7) is 2.14. The van der Waals surface area contributed by atoms with Crippen molar-refractivity contribution in [3.63, 3.8) is 0 Å². The van der Waals surface area contributed by atoms with Crippen LogP contribution in [0.5, 0.6) is 0 Å². The number of aliphatic hydroxyl groups is 1. The van der Waals surface area contributed by atoms with Gasteiger partial charge in [0.2, 0.25) is 0 Å². The smallest absolute Gasteiger partial charge is 0.306 e. The molecule has 0 saturated carbocycles. The Labute approximate surface area is 323 Å². The molecule has 10 nitrogen and oxygen atoms in total. The van der Waals surface area contributed by atoms with Crippen molar-refractivity contribution in [3.8, 4) is 0 Å². The lowest BCUT2D eigenvalue weighted by atomic mass is 10.1. The molecule has 0 spiro atoms. The van der Waals surface area contributed by atoms with Crippen LogP contribution in [0.3, 0.4) is 0 Å². The summed E-state index contributed by atoms with van der Waals surface area (Å²) in [6, 6.07) is 0. The summed E-state index contributed by atoms with van der Waals surface area (Å²) in [5.74, 6) is -0.917. The second-order valence-corrected chi connectivity index (χ2v) is 16.1. The molecule has 0 rings (SSSR count). The average Bonchev–Trinajstić information content (AvgIpc) is 3.10. The molecule has 0 radical (unpaired) electrons. The number of rotatable bonds is 37. The van der Waals surface area contributed by atoms with Crippen molar-refractivity contribution in [2.45, 2.75) is 154 Å². The first-order valence-electron chi connectivity index (χ1n) is 20.5. The number of carbonyl (C=O) groups is 2. The van der Waals surface area contributed by atoms with Crippen LogP contribution < -0.4 is 4.89 Å². The molecule has 1 N–H and O–H groups in total. The molecule has 0 aliphatic rings. The number of nitrogens with zero attached hydrogens (tertiary/aromatic N) is 1. The molecular weight excluding hydrogens is 693 g/mol. The molecule has 0 amide bonds.